The lowest BCUT2D eigenvalue weighted by Crippen LogP contribution is -2.38. The van der Waals surface area contributed by atoms with Crippen molar-refractivity contribution in [3.8, 4) is 0 Å². The molecule has 2 rings (SSSR count). The fraction of sp³-hybridized carbons (Fsp3) is 0.471. The Bertz CT molecular complexity index is 562. The second-order valence-electron chi connectivity index (χ2n) is 5.53. The van der Waals surface area contributed by atoms with Crippen LogP contribution in [0.4, 0.5) is 18.9 Å². The van der Waals surface area contributed by atoms with E-state index in [1.165, 1.54) is 0 Å². The number of hydrogen-bond donors (Lipinski definition) is 2. The maximum atomic E-state index is 12.2. The van der Waals surface area contributed by atoms with Gasteiger partial charge in [0.2, 0.25) is 0 Å². The van der Waals surface area contributed by atoms with Crippen molar-refractivity contribution in [1.82, 2.24) is 10.6 Å². The van der Waals surface area contributed by atoms with Crippen molar-refractivity contribution >= 4 is 35.6 Å². The number of guanidine groups is 1. The van der Waals surface area contributed by atoms with Crippen molar-refractivity contribution in [1.29, 1.82) is 0 Å². The Morgan fingerprint density at radius 2 is 1.76 bits per heavy atom. The third kappa shape index (κ3) is 7.98. The third-order valence-corrected chi connectivity index (χ3v) is 3.58. The molecule has 1 aliphatic rings. The van der Waals surface area contributed by atoms with Crippen LogP contribution in [0.3, 0.4) is 0 Å². The van der Waals surface area contributed by atoms with Crippen molar-refractivity contribution < 1.29 is 13.2 Å². The van der Waals surface area contributed by atoms with Crippen LogP contribution in [0.15, 0.2) is 41.4 Å². The molecule has 25 heavy (non-hydrogen) atoms. The Morgan fingerprint density at radius 1 is 1.12 bits per heavy atom. The van der Waals surface area contributed by atoms with Crippen molar-refractivity contribution in [3.63, 3.8) is 0 Å². The highest BCUT2D eigenvalue weighted by molar-refractivity contribution is 14.0. The van der Waals surface area contributed by atoms with Gasteiger partial charge in [-0.15, -0.1) is 24.0 Å². The predicted octanol–water partition coefficient (Wildman–Crippen LogP) is 3.69. The summed E-state index contributed by atoms with van der Waals surface area (Å²) >= 11 is 0. The molecular weight excluding hydrogens is 444 g/mol. The minimum absolute atomic E-state index is 0. The Balaban J connectivity index is 0.00000312. The summed E-state index contributed by atoms with van der Waals surface area (Å²) in [6.07, 6.45) is -0.776. The molecule has 0 bridgehead atoms. The van der Waals surface area contributed by atoms with Gasteiger partial charge in [-0.2, -0.15) is 13.2 Å². The molecule has 1 aromatic carbocycles. The lowest BCUT2D eigenvalue weighted by molar-refractivity contribution is -0.132. The summed E-state index contributed by atoms with van der Waals surface area (Å²) in [4.78, 5) is 6.58. The molecule has 0 fully saturated rings. The summed E-state index contributed by atoms with van der Waals surface area (Å²) in [7, 11) is 0. The number of alkyl halides is 3. The molecule has 2 N–H and O–H groups in total. The van der Waals surface area contributed by atoms with Gasteiger partial charge in [0, 0.05) is 31.9 Å². The van der Waals surface area contributed by atoms with Crippen molar-refractivity contribution in [3.05, 3.63) is 42.0 Å². The molecule has 0 atom stereocenters. The first-order chi connectivity index (χ1) is 11.5. The normalized spacial score (nSPS) is 14.4. The van der Waals surface area contributed by atoms with Crippen LogP contribution in [0.5, 0.6) is 0 Å². The van der Waals surface area contributed by atoms with Crippen molar-refractivity contribution in [2.24, 2.45) is 4.99 Å². The summed E-state index contributed by atoms with van der Waals surface area (Å²) in [5.41, 5.74) is 2.17. The average Bonchev–Trinajstić information content (AvgIpc) is 3.06. The van der Waals surface area contributed by atoms with E-state index in [0.717, 1.165) is 24.3 Å². The summed E-state index contributed by atoms with van der Waals surface area (Å²) in [6, 6.07) is 8.08. The van der Waals surface area contributed by atoms with Crippen molar-refractivity contribution in [2.45, 2.75) is 26.1 Å². The van der Waals surface area contributed by atoms with Gasteiger partial charge in [0.25, 0.3) is 0 Å². The van der Waals surface area contributed by atoms with E-state index in [1.807, 2.05) is 31.2 Å². The molecule has 0 spiro atoms. The first-order valence-corrected chi connectivity index (χ1v) is 8.06. The van der Waals surface area contributed by atoms with Crippen LogP contribution >= 0.6 is 24.0 Å². The smallest absolute Gasteiger partial charge is 0.364 e. The quantitative estimate of drug-likeness (QED) is 0.290. The molecule has 0 saturated heterocycles. The monoisotopic (exact) mass is 468 g/mol. The van der Waals surface area contributed by atoms with Gasteiger partial charge in [-0.1, -0.05) is 24.3 Å². The molecule has 140 valence electrons. The van der Waals surface area contributed by atoms with E-state index < -0.39 is 12.6 Å². The van der Waals surface area contributed by atoms with E-state index in [2.05, 4.69) is 32.7 Å². The number of nitrogens with one attached hydrogen (secondary N) is 2. The molecule has 0 unspecified atom stereocenters. The molecule has 0 aromatic heterocycles. The zero-order chi connectivity index (χ0) is 17.4. The Kier molecular flexibility index (Phi) is 9.09. The first-order valence-electron chi connectivity index (χ1n) is 8.06. The number of halogens is 4. The SMILES string of the molecule is CCNC(=NCc1ccc(N2CC=CC2)cc1)NCCC(F)(F)F.I. The predicted molar refractivity (Wildman–Crippen MR) is 107 cm³/mol. The molecule has 0 saturated carbocycles. The van der Waals surface area contributed by atoms with Crippen LogP contribution < -0.4 is 15.5 Å². The van der Waals surface area contributed by atoms with E-state index in [1.54, 1.807) is 0 Å². The fourth-order valence-electron chi connectivity index (χ4n) is 2.34. The topological polar surface area (TPSA) is 39.7 Å². The van der Waals surface area contributed by atoms with Gasteiger partial charge in [-0.3, -0.25) is 0 Å². The number of aliphatic imine (C=N–C) groups is 1. The zero-order valence-electron chi connectivity index (χ0n) is 14.1. The zero-order valence-corrected chi connectivity index (χ0v) is 16.5. The fourth-order valence-corrected chi connectivity index (χ4v) is 2.34. The minimum Gasteiger partial charge on any atom is -0.364 e. The largest absolute Gasteiger partial charge is 0.390 e. The molecule has 4 nitrogen and oxygen atoms in total. The molecule has 1 heterocycles. The number of hydrogen-bond acceptors (Lipinski definition) is 2. The van der Waals surface area contributed by atoms with Crippen molar-refractivity contribution in [2.75, 3.05) is 31.1 Å². The highest BCUT2D eigenvalue weighted by Crippen LogP contribution is 2.19. The van der Waals surface area contributed by atoms with Gasteiger partial charge in [-0.05, 0) is 24.6 Å². The summed E-state index contributed by atoms with van der Waals surface area (Å²) in [6.45, 7) is 4.55. The summed E-state index contributed by atoms with van der Waals surface area (Å²) in [5, 5.41) is 5.66. The van der Waals surface area contributed by atoms with Crippen LogP contribution in [-0.4, -0.2) is 38.3 Å². The average molecular weight is 468 g/mol. The molecule has 1 aliphatic heterocycles. The number of anilines is 1. The van der Waals surface area contributed by atoms with E-state index in [9.17, 15) is 13.2 Å². The molecule has 0 amide bonds. The molecule has 0 aliphatic carbocycles. The third-order valence-electron chi connectivity index (χ3n) is 3.58. The van der Waals surface area contributed by atoms with Gasteiger partial charge < -0.3 is 15.5 Å². The molecule has 1 aromatic rings. The molecular formula is C17H24F3IN4. The van der Waals surface area contributed by atoms with Gasteiger partial charge in [0.15, 0.2) is 5.96 Å². The standard InChI is InChI=1S/C17H23F3N4.HI/c1-2-21-16(22-10-9-17(18,19)20)23-13-14-5-7-15(8-6-14)24-11-3-4-12-24;/h3-8H,2,9-13H2,1H3,(H2,21,22,23);1H. The number of rotatable bonds is 6. The Morgan fingerprint density at radius 3 is 2.32 bits per heavy atom. The second-order valence-corrected chi connectivity index (χ2v) is 5.53. The molecule has 8 heteroatoms. The highest BCUT2D eigenvalue weighted by atomic mass is 127. The Hall–Kier alpha value is -1.45. The lowest BCUT2D eigenvalue weighted by Gasteiger charge is -2.17. The van der Waals surface area contributed by atoms with Crippen LogP contribution in [0.2, 0.25) is 0 Å². The van der Waals surface area contributed by atoms with Gasteiger partial charge >= 0.3 is 6.18 Å². The highest BCUT2D eigenvalue weighted by Gasteiger charge is 2.26. The van der Waals surface area contributed by atoms with Crippen LogP contribution in [0, 0.1) is 0 Å². The van der Waals surface area contributed by atoms with E-state index >= 15 is 0 Å². The van der Waals surface area contributed by atoms with Gasteiger partial charge in [0.1, 0.15) is 0 Å². The second kappa shape index (κ2) is 10.5. The first kappa shape index (κ1) is 21.6. The van der Waals surface area contributed by atoms with E-state index in [4.69, 9.17) is 0 Å². The maximum Gasteiger partial charge on any atom is 0.390 e. The van der Waals surface area contributed by atoms with E-state index in [0.29, 0.717) is 19.0 Å². The van der Waals surface area contributed by atoms with Crippen LogP contribution in [-0.2, 0) is 6.54 Å². The van der Waals surface area contributed by atoms with Gasteiger partial charge in [-0.25, -0.2) is 4.99 Å². The summed E-state index contributed by atoms with van der Waals surface area (Å²) in [5.74, 6) is 0.398. The molecule has 0 radical (unpaired) electrons. The van der Waals surface area contributed by atoms with Crippen LogP contribution in [0.25, 0.3) is 0 Å². The Labute approximate surface area is 163 Å². The number of nitrogens with zero attached hydrogens (tertiary/aromatic N) is 2. The van der Waals surface area contributed by atoms with E-state index in [-0.39, 0.29) is 30.5 Å². The number of benzene rings is 1. The lowest BCUT2D eigenvalue weighted by atomic mass is 10.2. The maximum absolute atomic E-state index is 12.2. The van der Waals surface area contributed by atoms with Gasteiger partial charge in [0.05, 0.1) is 13.0 Å². The minimum atomic E-state index is -4.16. The summed E-state index contributed by atoms with van der Waals surface area (Å²) < 4.78 is 36.6. The van der Waals surface area contributed by atoms with Crippen LogP contribution in [0.1, 0.15) is 18.9 Å².